The molecule has 3 heteroatoms. The average molecular weight is 298 g/mol. The second-order valence-electron chi connectivity index (χ2n) is 5.81. The number of carbonyl (C=O) groups is 1. The van der Waals surface area contributed by atoms with E-state index in [4.69, 9.17) is 4.74 Å². The molecule has 0 aliphatic carbocycles. The molecule has 0 fully saturated rings. The van der Waals surface area contributed by atoms with Gasteiger partial charge in [0.25, 0.3) is 0 Å². The number of rotatable bonds is 5. The molecule has 0 aromatic heterocycles. The van der Waals surface area contributed by atoms with Crippen molar-refractivity contribution in [2.24, 2.45) is 0 Å². The van der Waals surface area contributed by atoms with Gasteiger partial charge in [-0.15, -0.1) is 0 Å². The van der Waals surface area contributed by atoms with Crippen molar-refractivity contribution in [2.75, 3.05) is 0 Å². The van der Waals surface area contributed by atoms with E-state index < -0.39 is 12.1 Å². The molecule has 3 nitrogen and oxygen atoms in total. The van der Waals surface area contributed by atoms with Gasteiger partial charge in [0.05, 0.1) is 0 Å². The molecular formula is C19H22O3. The van der Waals surface area contributed by atoms with Crippen molar-refractivity contribution in [1.82, 2.24) is 0 Å². The molecule has 0 saturated heterocycles. The van der Waals surface area contributed by atoms with E-state index >= 15 is 0 Å². The second kappa shape index (κ2) is 6.65. The van der Waals surface area contributed by atoms with Crippen LogP contribution in [-0.2, 0) is 11.2 Å². The summed E-state index contributed by atoms with van der Waals surface area (Å²) < 4.78 is 5.69. The van der Waals surface area contributed by atoms with Crippen LogP contribution in [0.4, 0.5) is 0 Å². The topological polar surface area (TPSA) is 46.5 Å². The van der Waals surface area contributed by atoms with Crippen LogP contribution in [0.2, 0.25) is 0 Å². The molecule has 0 heterocycles. The van der Waals surface area contributed by atoms with Crippen LogP contribution in [0.15, 0.2) is 36.4 Å². The van der Waals surface area contributed by atoms with Gasteiger partial charge in [-0.25, -0.2) is 4.79 Å². The van der Waals surface area contributed by atoms with E-state index in [9.17, 15) is 9.90 Å². The summed E-state index contributed by atoms with van der Waals surface area (Å²) in [6, 6.07) is 11.6. The molecule has 1 atom stereocenters. The van der Waals surface area contributed by atoms with Crippen LogP contribution in [-0.4, -0.2) is 17.2 Å². The highest BCUT2D eigenvalue weighted by Crippen LogP contribution is 2.20. The van der Waals surface area contributed by atoms with Gasteiger partial charge in [0.1, 0.15) is 5.75 Å². The van der Waals surface area contributed by atoms with Gasteiger partial charge >= 0.3 is 5.97 Å². The Labute approximate surface area is 131 Å². The largest absolute Gasteiger partial charge is 0.478 e. The average Bonchev–Trinajstić information content (AvgIpc) is 2.46. The number of hydrogen-bond donors (Lipinski definition) is 1. The Balaban J connectivity index is 2.17. The summed E-state index contributed by atoms with van der Waals surface area (Å²) in [5, 5.41) is 9.42. The Morgan fingerprint density at radius 1 is 0.955 bits per heavy atom. The number of aliphatic carboxylic acids is 1. The molecule has 2 aromatic rings. The van der Waals surface area contributed by atoms with E-state index in [2.05, 4.69) is 0 Å². The predicted octanol–water partition coefficient (Wildman–Crippen LogP) is 3.99. The third-order valence-corrected chi connectivity index (χ3v) is 4.02. The third-order valence-electron chi connectivity index (χ3n) is 4.02. The highest BCUT2D eigenvalue weighted by Gasteiger charge is 2.20. The molecule has 0 aliphatic heterocycles. The lowest BCUT2D eigenvalue weighted by molar-refractivity contribution is -0.145. The van der Waals surface area contributed by atoms with Crippen molar-refractivity contribution >= 4 is 5.97 Å². The third kappa shape index (κ3) is 3.88. The Hall–Kier alpha value is -2.29. The second-order valence-corrected chi connectivity index (χ2v) is 5.81. The molecule has 0 spiro atoms. The molecule has 116 valence electrons. The lowest BCUT2D eigenvalue weighted by Crippen LogP contribution is -2.29. The molecular weight excluding hydrogens is 276 g/mol. The van der Waals surface area contributed by atoms with Gasteiger partial charge in [-0.2, -0.15) is 0 Å². The van der Waals surface area contributed by atoms with E-state index in [-0.39, 0.29) is 0 Å². The number of benzene rings is 2. The minimum absolute atomic E-state index is 0.351. The van der Waals surface area contributed by atoms with Crippen molar-refractivity contribution in [3.63, 3.8) is 0 Å². The van der Waals surface area contributed by atoms with Crippen molar-refractivity contribution in [1.29, 1.82) is 0 Å². The van der Waals surface area contributed by atoms with Crippen LogP contribution in [0.5, 0.6) is 5.75 Å². The molecule has 22 heavy (non-hydrogen) atoms. The highest BCUT2D eigenvalue weighted by molar-refractivity contribution is 5.73. The predicted molar refractivity (Wildman–Crippen MR) is 87.6 cm³/mol. The fourth-order valence-corrected chi connectivity index (χ4v) is 2.28. The van der Waals surface area contributed by atoms with Gasteiger partial charge in [0.15, 0.2) is 6.10 Å². The van der Waals surface area contributed by atoms with E-state index in [1.807, 2.05) is 64.1 Å². The molecule has 0 saturated carbocycles. The zero-order valence-corrected chi connectivity index (χ0v) is 13.5. The Bertz CT molecular complexity index is 636. The van der Waals surface area contributed by atoms with Crippen molar-refractivity contribution in [2.45, 2.75) is 40.2 Å². The van der Waals surface area contributed by atoms with E-state index in [0.29, 0.717) is 12.2 Å². The summed E-state index contributed by atoms with van der Waals surface area (Å²) in [4.78, 5) is 11.5. The summed E-state index contributed by atoms with van der Waals surface area (Å²) in [6.45, 7) is 8.07. The first-order valence-corrected chi connectivity index (χ1v) is 7.39. The molecule has 1 N–H and O–H groups in total. The van der Waals surface area contributed by atoms with Crippen molar-refractivity contribution < 1.29 is 14.6 Å². The van der Waals surface area contributed by atoms with Crippen LogP contribution in [0.25, 0.3) is 0 Å². The molecule has 0 aliphatic rings. The first kappa shape index (κ1) is 16.1. The van der Waals surface area contributed by atoms with E-state index in [1.54, 1.807) is 0 Å². The van der Waals surface area contributed by atoms with Gasteiger partial charge in [-0.05, 0) is 67.6 Å². The van der Waals surface area contributed by atoms with Crippen molar-refractivity contribution in [3.05, 3.63) is 64.2 Å². The van der Waals surface area contributed by atoms with Gasteiger partial charge in [0, 0.05) is 6.42 Å². The zero-order valence-electron chi connectivity index (χ0n) is 13.5. The number of aryl methyl sites for hydroxylation is 4. The van der Waals surface area contributed by atoms with Crippen LogP contribution >= 0.6 is 0 Å². The van der Waals surface area contributed by atoms with Gasteiger partial charge < -0.3 is 9.84 Å². The minimum atomic E-state index is -0.948. The Kier molecular flexibility index (Phi) is 4.86. The maximum absolute atomic E-state index is 11.5. The lowest BCUT2D eigenvalue weighted by Gasteiger charge is -2.16. The quantitative estimate of drug-likeness (QED) is 0.907. The maximum Gasteiger partial charge on any atom is 0.345 e. The van der Waals surface area contributed by atoms with Crippen LogP contribution in [0, 0.1) is 27.7 Å². The zero-order chi connectivity index (χ0) is 16.3. The summed E-state index contributed by atoms with van der Waals surface area (Å²) in [7, 11) is 0. The smallest absolute Gasteiger partial charge is 0.345 e. The number of hydrogen-bond acceptors (Lipinski definition) is 2. The van der Waals surface area contributed by atoms with Crippen molar-refractivity contribution in [3.8, 4) is 5.75 Å². The molecule has 0 unspecified atom stereocenters. The molecule has 0 bridgehead atoms. The first-order valence-electron chi connectivity index (χ1n) is 7.39. The molecule has 2 rings (SSSR count). The fraction of sp³-hybridized carbons (Fsp3) is 0.316. The van der Waals surface area contributed by atoms with E-state index in [0.717, 1.165) is 22.3 Å². The summed E-state index contributed by atoms with van der Waals surface area (Å²) >= 11 is 0. The van der Waals surface area contributed by atoms with Crippen LogP contribution in [0.3, 0.4) is 0 Å². The van der Waals surface area contributed by atoms with Gasteiger partial charge in [-0.3, -0.25) is 0 Å². The summed E-state index contributed by atoms with van der Waals surface area (Å²) in [6.07, 6.45) is -0.534. The Morgan fingerprint density at radius 3 is 2.09 bits per heavy atom. The summed E-state index contributed by atoms with van der Waals surface area (Å²) in [5.41, 5.74) is 5.58. The van der Waals surface area contributed by atoms with Crippen LogP contribution in [0.1, 0.15) is 27.8 Å². The van der Waals surface area contributed by atoms with Gasteiger partial charge in [-0.1, -0.05) is 24.3 Å². The van der Waals surface area contributed by atoms with E-state index in [1.165, 1.54) is 5.56 Å². The molecule has 0 radical (unpaired) electrons. The number of carboxylic acid groups (broad SMARTS) is 1. The standard InChI is InChI=1S/C19H22O3/c1-12-5-7-16(9-14(12)3)11-18(19(20)21)22-17-8-6-13(2)15(4)10-17/h5-10,18H,11H2,1-4H3,(H,20,21)/t18-/m1/s1. The minimum Gasteiger partial charge on any atom is -0.478 e. The normalized spacial score (nSPS) is 12.0. The fourth-order valence-electron chi connectivity index (χ4n) is 2.28. The lowest BCUT2D eigenvalue weighted by atomic mass is 10.0. The van der Waals surface area contributed by atoms with Crippen LogP contribution < -0.4 is 4.74 Å². The summed E-state index contributed by atoms with van der Waals surface area (Å²) in [5.74, 6) is -0.351. The maximum atomic E-state index is 11.5. The molecule has 0 amide bonds. The first-order chi connectivity index (χ1) is 10.4. The highest BCUT2D eigenvalue weighted by atomic mass is 16.5. The number of ether oxygens (including phenoxy) is 1. The molecule has 2 aromatic carbocycles. The van der Waals surface area contributed by atoms with Gasteiger partial charge in [0.2, 0.25) is 0 Å². The monoisotopic (exact) mass is 298 g/mol. The Morgan fingerprint density at radius 2 is 1.55 bits per heavy atom. The number of carboxylic acids is 1. The SMILES string of the molecule is Cc1ccc(C[C@@H](Oc2ccc(C)c(C)c2)C(=O)O)cc1C.